The van der Waals surface area contributed by atoms with Crippen molar-refractivity contribution >= 4 is 21.4 Å². The molecule has 0 fully saturated rings. The zero-order valence-corrected chi connectivity index (χ0v) is 12.0. The molecular weight excluding hydrogens is 277 g/mol. The van der Waals surface area contributed by atoms with Gasteiger partial charge < -0.3 is 5.32 Å². The average Bonchev–Trinajstić information content (AvgIpc) is 2.26. The van der Waals surface area contributed by atoms with E-state index in [4.69, 9.17) is 11.6 Å². The van der Waals surface area contributed by atoms with Crippen LogP contribution in [0.5, 0.6) is 0 Å². The Kier molecular flexibility index (Phi) is 5.56. The van der Waals surface area contributed by atoms with Gasteiger partial charge in [0, 0.05) is 22.9 Å². The van der Waals surface area contributed by atoms with Gasteiger partial charge in [-0.15, -0.1) is 0 Å². The molecule has 1 atom stereocenters. The highest BCUT2D eigenvalue weighted by Gasteiger charge is 2.17. The fraction of sp³-hybridized carbons (Fsp3) is 0.500. The van der Waals surface area contributed by atoms with E-state index >= 15 is 0 Å². The Morgan fingerprint density at radius 2 is 2.11 bits per heavy atom. The van der Waals surface area contributed by atoms with Crippen LogP contribution < -0.4 is 5.32 Å². The first-order valence-corrected chi connectivity index (χ1v) is 8.13. The normalized spacial score (nSPS) is 13.6. The molecule has 6 heteroatoms. The van der Waals surface area contributed by atoms with Crippen molar-refractivity contribution in [1.82, 2.24) is 5.32 Å². The topological polar surface area (TPSA) is 46.2 Å². The molecule has 0 saturated carbocycles. The van der Waals surface area contributed by atoms with Gasteiger partial charge in [-0.25, -0.2) is 12.8 Å². The molecule has 1 aromatic carbocycles. The first kappa shape index (κ1) is 15.4. The van der Waals surface area contributed by atoms with Gasteiger partial charge in [0.1, 0.15) is 15.7 Å². The van der Waals surface area contributed by atoms with Gasteiger partial charge in [-0.1, -0.05) is 18.5 Å². The molecule has 0 heterocycles. The number of nitrogens with one attached hydrogen (secondary N) is 1. The fourth-order valence-electron chi connectivity index (χ4n) is 1.73. The second-order valence-electron chi connectivity index (χ2n) is 4.19. The highest BCUT2D eigenvalue weighted by Crippen LogP contribution is 2.24. The van der Waals surface area contributed by atoms with Crippen LogP contribution >= 0.6 is 11.6 Å². The predicted octanol–water partition coefficient (Wildman–Crippen LogP) is 2.56. The van der Waals surface area contributed by atoms with Crippen LogP contribution in [0.3, 0.4) is 0 Å². The molecule has 1 rings (SSSR count). The molecule has 0 saturated heterocycles. The van der Waals surface area contributed by atoms with Crippen LogP contribution in [-0.4, -0.2) is 27.0 Å². The highest BCUT2D eigenvalue weighted by molar-refractivity contribution is 7.90. The van der Waals surface area contributed by atoms with E-state index in [1.165, 1.54) is 24.5 Å². The molecule has 1 N–H and O–H groups in total. The Morgan fingerprint density at radius 3 is 2.67 bits per heavy atom. The smallest absolute Gasteiger partial charge is 0.147 e. The predicted molar refractivity (Wildman–Crippen MR) is 72.2 cm³/mol. The van der Waals surface area contributed by atoms with Crippen molar-refractivity contribution in [2.45, 2.75) is 19.4 Å². The van der Waals surface area contributed by atoms with E-state index in [1.807, 2.05) is 6.92 Å². The maximum Gasteiger partial charge on any atom is 0.147 e. The van der Waals surface area contributed by atoms with Crippen molar-refractivity contribution < 1.29 is 12.8 Å². The second kappa shape index (κ2) is 6.50. The molecule has 102 valence electrons. The van der Waals surface area contributed by atoms with Crippen LogP contribution in [0.2, 0.25) is 5.02 Å². The van der Waals surface area contributed by atoms with Crippen LogP contribution in [0.4, 0.5) is 4.39 Å². The molecule has 18 heavy (non-hydrogen) atoms. The maximum atomic E-state index is 13.7. The van der Waals surface area contributed by atoms with Crippen LogP contribution in [0.1, 0.15) is 24.9 Å². The number of hydrogen-bond acceptors (Lipinski definition) is 3. The zero-order chi connectivity index (χ0) is 13.8. The molecule has 0 amide bonds. The number of benzene rings is 1. The molecule has 0 aliphatic heterocycles. The molecule has 0 bridgehead atoms. The Labute approximate surface area is 112 Å². The third kappa shape index (κ3) is 4.92. The van der Waals surface area contributed by atoms with Gasteiger partial charge in [-0.05, 0) is 31.2 Å². The van der Waals surface area contributed by atoms with Crippen molar-refractivity contribution in [3.8, 4) is 0 Å². The molecular formula is C12H17ClFNO2S. The second-order valence-corrected chi connectivity index (χ2v) is 6.89. The number of halogens is 2. The number of sulfone groups is 1. The Hall–Kier alpha value is -0.650. The van der Waals surface area contributed by atoms with Gasteiger partial charge in [-0.2, -0.15) is 0 Å². The third-order valence-electron chi connectivity index (χ3n) is 2.56. The lowest BCUT2D eigenvalue weighted by atomic mass is 10.0. The Balaban J connectivity index is 2.93. The van der Waals surface area contributed by atoms with E-state index < -0.39 is 9.84 Å². The molecule has 1 unspecified atom stereocenters. The lowest BCUT2D eigenvalue weighted by Crippen LogP contribution is -2.24. The number of rotatable bonds is 6. The standard InChI is InChI=1S/C12H17ClFNO2S/c1-3-15-12(6-7-18(2,16)17)10-8-9(13)4-5-11(10)14/h4-5,8,12,15H,3,6-7H2,1-2H3. The van der Waals surface area contributed by atoms with E-state index in [2.05, 4.69) is 5.32 Å². The Bertz CT molecular complexity index is 505. The van der Waals surface area contributed by atoms with Gasteiger partial charge >= 0.3 is 0 Å². The van der Waals surface area contributed by atoms with Gasteiger partial charge in [0.2, 0.25) is 0 Å². The summed E-state index contributed by atoms with van der Waals surface area (Å²) in [5, 5.41) is 3.52. The van der Waals surface area contributed by atoms with Crippen molar-refractivity contribution in [2.75, 3.05) is 18.6 Å². The average molecular weight is 294 g/mol. The summed E-state index contributed by atoms with van der Waals surface area (Å²) < 4.78 is 36.1. The van der Waals surface area contributed by atoms with Gasteiger partial charge in [0.25, 0.3) is 0 Å². The van der Waals surface area contributed by atoms with E-state index in [0.717, 1.165) is 0 Å². The molecule has 0 spiro atoms. The molecule has 0 radical (unpaired) electrons. The lowest BCUT2D eigenvalue weighted by molar-refractivity contribution is 0.498. The van der Waals surface area contributed by atoms with Crippen molar-refractivity contribution in [3.05, 3.63) is 34.6 Å². The first-order valence-electron chi connectivity index (χ1n) is 5.69. The van der Waals surface area contributed by atoms with E-state index in [0.29, 0.717) is 23.6 Å². The third-order valence-corrected chi connectivity index (χ3v) is 3.77. The Morgan fingerprint density at radius 1 is 1.44 bits per heavy atom. The van der Waals surface area contributed by atoms with Crippen molar-refractivity contribution in [2.24, 2.45) is 0 Å². The minimum Gasteiger partial charge on any atom is -0.310 e. The summed E-state index contributed by atoms with van der Waals surface area (Å²) in [7, 11) is -3.06. The van der Waals surface area contributed by atoms with E-state index in [9.17, 15) is 12.8 Å². The molecule has 0 aromatic heterocycles. The molecule has 0 aliphatic carbocycles. The minimum absolute atomic E-state index is 0.0105. The zero-order valence-electron chi connectivity index (χ0n) is 10.4. The van der Waals surface area contributed by atoms with E-state index in [-0.39, 0.29) is 17.6 Å². The summed E-state index contributed by atoms with van der Waals surface area (Å²) in [6.45, 7) is 2.51. The number of hydrogen-bond donors (Lipinski definition) is 1. The molecule has 0 aliphatic rings. The highest BCUT2D eigenvalue weighted by atomic mass is 35.5. The SMILES string of the molecule is CCNC(CCS(C)(=O)=O)c1cc(Cl)ccc1F. The van der Waals surface area contributed by atoms with Crippen LogP contribution in [-0.2, 0) is 9.84 Å². The van der Waals surface area contributed by atoms with Crippen LogP contribution in [0, 0.1) is 5.82 Å². The summed E-state index contributed by atoms with van der Waals surface area (Å²) in [6.07, 6.45) is 1.49. The lowest BCUT2D eigenvalue weighted by Gasteiger charge is -2.18. The van der Waals surface area contributed by atoms with Gasteiger partial charge in [0.15, 0.2) is 0 Å². The molecule has 3 nitrogen and oxygen atoms in total. The maximum absolute atomic E-state index is 13.7. The van der Waals surface area contributed by atoms with Crippen LogP contribution in [0.15, 0.2) is 18.2 Å². The minimum atomic E-state index is -3.06. The quantitative estimate of drug-likeness (QED) is 0.877. The first-order chi connectivity index (χ1) is 8.33. The molecule has 1 aromatic rings. The van der Waals surface area contributed by atoms with Gasteiger partial charge in [-0.3, -0.25) is 0 Å². The van der Waals surface area contributed by atoms with Gasteiger partial charge in [0.05, 0.1) is 5.75 Å². The summed E-state index contributed by atoms with van der Waals surface area (Å²) in [6, 6.07) is 3.96. The summed E-state index contributed by atoms with van der Waals surface area (Å²) in [5.74, 6) is -0.366. The van der Waals surface area contributed by atoms with E-state index in [1.54, 1.807) is 0 Å². The monoisotopic (exact) mass is 293 g/mol. The summed E-state index contributed by atoms with van der Waals surface area (Å²) in [4.78, 5) is 0. The van der Waals surface area contributed by atoms with Crippen molar-refractivity contribution in [3.63, 3.8) is 0 Å². The van der Waals surface area contributed by atoms with Crippen molar-refractivity contribution in [1.29, 1.82) is 0 Å². The van der Waals surface area contributed by atoms with Crippen LogP contribution in [0.25, 0.3) is 0 Å². The fourth-order valence-corrected chi connectivity index (χ4v) is 2.57. The summed E-state index contributed by atoms with van der Waals surface area (Å²) in [5.41, 5.74) is 0.410. The summed E-state index contributed by atoms with van der Waals surface area (Å²) >= 11 is 5.84. The largest absolute Gasteiger partial charge is 0.310 e.